The molecule has 0 radical (unpaired) electrons. The monoisotopic (exact) mass is 403 g/mol. The van der Waals surface area contributed by atoms with Gasteiger partial charge in [-0.15, -0.1) is 11.3 Å². The molecule has 0 aliphatic heterocycles. The van der Waals surface area contributed by atoms with Crippen molar-refractivity contribution in [2.24, 2.45) is 0 Å². The molecule has 0 amide bonds. The molecule has 0 bridgehead atoms. The first-order chi connectivity index (χ1) is 13.4. The zero-order chi connectivity index (χ0) is 20.3. The Bertz CT molecular complexity index is 1090. The summed E-state index contributed by atoms with van der Waals surface area (Å²) in [5.41, 5.74) is 0.946. The maximum absolute atomic E-state index is 12.9. The van der Waals surface area contributed by atoms with Gasteiger partial charge in [0.25, 0.3) is 11.2 Å². The minimum atomic E-state index is -0.515. The number of benzene rings is 1. The molecule has 9 nitrogen and oxygen atoms in total. The number of aryl methyl sites for hydroxylation is 1. The summed E-state index contributed by atoms with van der Waals surface area (Å²) in [4.78, 5) is 40.4. The van der Waals surface area contributed by atoms with E-state index < -0.39 is 10.9 Å². The Labute approximate surface area is 163 Å². The quantitative estimate of drug-likeness (QED) is 0.258. The van der Waals surface area contributed by atoms with Gasteiger partial charge in [0.15, 0.2) is 0 Å². The summed E-state index contributed by atoms with van der Waals surface area (Å²) >= 11 is 1.11. The second-order valence-electron chi connectivity index (χ2n) is 5.97. The van der Waals surface area contributed by atoms with Crippen molar-refractivity contribution < 1.29 is 19.2 Å². The van der Waals surface area contributed by atoms with Crippen LogP contribution in [-0.4, -0.2) is 40.8 Å². The Hall–Kier alpha value is -3.11. The molecule has 0 atom stereocenters. The summed E-state index contributed by atoms with van der Waals surface area (Å²) in [6.45, 7) is 2.31. The Morgan fingerprint density at radius 2 is 2.00 bits per heavy atom. The minimum Gasteiger partial charge on any atom is -0.459 e. The highest BCUT2D eigenvalue weighted by Crippen LogP contribution is 2.27. The highest BCUT2D eigenvalue weighted by atomic mass is 32.1. The molecule has 28 heavy (non-hydrogen) atoms. The average Bonchev–Trinajstić information content (AvgIpc) is 3.02. The number of carbonyl (C=O) groups is 1. The number of carbonyl (C=O) groups excluding carboxylic acids is 1. The first-order valence-corrected chi connectivity index (χ1v) is 9.12. The van der Waals surface area contributed by atoms with Crippen molar-refractivity contribution >= 4 is 33.2 Å². The molecule has 3 aromatic rings. The molecule has 3 rings (SSSR count). The van der Waals surface area contributed by atoms with Gasteiger partial charge in [-0.25, -0.2) is 9.78 Å². The van der Waals surface area contributed by atoms with Crippen LogP contribution in [0.3, 0.4) is 0 Å². The highest BCUT2D eigenvalue weighted by molar-refractivity contribution is 7.20. The van der Waals surface area contributed by atoms with E-state index in [9.17, 15) is 19.7 Å². The van der Waals surface area contributed by atoms with Gasteiger partial charge in [0.05, 0.1) is 29.8 Å². The van der Waals surface area contributed by atoms with Crippen molar-refractivity contribution in [1.29, 1.82) is 0 Å². The zero-order valence-electron chi connectivity index (χ0n) is 15.2. The fourth-order valence-electron chi connectivity index (χ4n) is 2.67. The summed E-state index contributed by atoms with van der Waals surface area (Å²) in [5, 5.41) is 11.1. The number of aromatic nitrogens is 2. The molecule has 146 valence electrons. The predicted octanol–water partition coefficient (Wildman–Crippen LogP) is 2.53. The summed E-state index contributed by atoms with van der Waals surface area (Å²) in [7, 11) is 1.51. The number of non-ortho nitro benzene ring substituents is 1. The molecule has 2 aromatic heterocycles. The molecule has 10 heteroatoms. The van der Waals surface area contributed by atoms with Crippen LogP contribution in [0.25, 0.3) is 10.2 Å². The van der Waals surface area contributed by atoms with Crippen molar-refractivity contribution in [1.82, 2.24) is 9.55 Å². The molecular formula is C18H17N3O6S. The number of fused-ring (bicyclic) bond motifs is 1. The van der Waals surface area contributed by atoms with Crippen LogP contribution >= 0.6 is 11.3 Å². The topological polar surface area (TPSA) is 114 Å². The van der Waals surface area contributed by atoms with Gasteiger partial charge in [0.1, 0.15) is 16.3 Å². The molecule has 0 unspecified atom stereocenters. The Balaban J connectivity index is 1.90. The Kier molecular flexibility index (Phi) is 5.81. The van der Waals surface area contributed by atoms with Crippen molar-refractivity contribution in [3.63, 3.8) is 0 Å². The van der Waals surface area contributed by atoms with Gasteiger partial charge in [-0.3, -0.25) is 19.5 Å². The van der Waals surface area contributed by atoms with E-state index in [1.54, 1.807) is 19.1 Å². The van der Waals surface area contributed by atoms with Crippen LogP contribution in [0.1, 0.15) is 20.8 Å². The molecule has 0 saturated heterocycles. The number of nitro groups is 1. The van der Waals surface area contributed by atoms with E-state index in [0.29, 0.717) is 20.7 Å². The molecule has 0 fully saturated rings. The summed E-state index contributed by atoms with van der Waals surface area (Å²) < 4.78 is 11.4. The number of hydrogen-bond donors (Lipinski definition) is 0. The number of esters is 1. The van der Waals surface area contributed by atoms with Crippen LogP contribution in [0.15, 0.2) is 35.4 Å². The van der Waals surface area contributed by atoms with Crippen LogP contribution in [-0.2, 0) is 16.0 Å². The number of thiophene rings is 1. The maximum atomic E-state index is 12.9. The normalized spacial score (nSPS) is 10.9. The number of ether oxygens (including phenoxy) is 2. The largest absolute Gasteiger partial charge is 0.459 e. The SMILES string of the molecule is COCCOC(=O)c1sc2ncn(Cc3ccc([N+](=O)[O-])cc3)c(=O)c2c1C. The fourth-order valence-corrected chi connectivity index (χ4v) is 3.70. The third-order valence-corrected chi connectivity index (χ3v) is 5.30. The van der Waals surface area contributed by atoms with E-state index in [1.807, 2.05) is 0 Å². The lowest BCUT2D eigenvalue weighted by atomic mass is 10.2. The summed E-state index contributed by atoms with van der Waals surface area (Å²) in [5.74, 6) is -0.515. The highest BCUT2D eigenvalue weighted by Gasteiger charge is 2.20. The van der Waals surface area contributed by atoms with Gasteiger partial charge in [0.2, 0.25) is 0 Å². The fraction of sp³-hybridized carbons (Fsp3) is 0.278. The van der Waals surface area contributed by atoms with Crippen LogP contribution in [0, 0.1) is 17.0 Å². The van der Waals surface area contributed by atoms with Crippen molar-refractivity contribution in [3.8, 4) is 0 Å². The summed E-state index contributed by atoms with van der Waals surface area (Å²) in [6, 6.07) is 5.95. The lowest BCUT2D eigenvalue weighted by Gasteiger charge is -2.05. The maximum Gasteiger partial charge on any atom is 0.348 e. The van der Waals surface area contributed by atoms with E-state index in [1.165, 1.54) is 30.1 Å². The van der Waals surface area contributed by atoms with Crippen LogP contribution in [0.5, 0.6) is 0 Å². The average molecular weight is 403 g/mol. The number of methoxy groups -OCH3 is 1. The van der Waals surface area contributed by atoms with Gasteiger partial charge in [0, 0.05) is 19.2 Å². The predicted molar refractivity (Wildman–Crippen MR) is 103 cm³/mol. The van der Waals surface area contributed by atoms with E-state index in [4.69, 9.17) is 9.47 Å². The molecule has 0 aliphatic rings. The standard InChI is InChI=1S/C18H17N3O6S/c1-11-14-16(28-15(11)18(23)27-8-7-26-2)19-10-20(17(14)22)9-12-3-5-13(6-4-12)21(24)25/h3-6,10H,7-9H2,1-2H3. The second kappa shape index (κ2) is 8.28. The van der Waals surface area contributed by atoms with Gasteiger partial charge in [-0.1, -0.05) is 12.1 Å². The van der Waals surface area contributed by atoms with E-state index in [-0.39, 0.29) is 31.0 Å². The molecule has 0 aliphatic carbocycles. The van der Waals surface area contributed by atoms with Crippen LogP contribution < -0.4 is 5.56 Å². The first-order valence-electron chi connectivity index (χ1n) is 8.30. The number of nitrogens with zero attached hydrogens (tertiary/aromatic N) is 3. The van der Waals surface area contributed by atoms with Gasteiger partial charge >= 0.3 is 5.97 Å². The lowest BCUT2D eigenvalue weighted by molar-refractivity contribution is -0.384. The first kappa shape index (κ1) is 19.6. The lowest BCUT2D eigenvalue weighted by Crippen LogP contribution is -2.21. The van der Waals surface area contributed by atoms with Crippen molar-refractivity contribution in [2.45, 2.75) is 13.5 Å². The van der Waals surface area contributed by atoms with Gasteiger partial charge in [-0.2, -0.15) is 0 Å². The zero-order valence-corrected chi connectivity index (χ0v) is 16.0. The molecular weight excluding hydrogens is 386 g/mol. The number of nitro benzene ring substituents is 1. The van der Waals surface area contributed by atoms with Crippen molar-refractivity contribution in [3.05, 3.63) is 67.1 Å². The molecule has 2 heterocycles. The Morgan fingerprint density at radius 1 is 1.29 bits per heavy atom. The van der Waals surface area contributed by atoms with E-state index >= 15 is 0 Å². The second-order valence-corrected chi connectivity index (χ2v) is 6.97. The van der Waals surface area contributed by atoms with Crippen LogP contribution in [0.4, 0.5) is 5.69 Å². The molecule has 0 spiro atoms. The third-order valence-electron chi connectivity index (χ3n) is 4.12. The minimum absolute atomic E-state index is 0.0185. The molecule has 1 aromatic carbocycles. The number of hydrogen-bond acceptors (Lipinski definition) is 8. The van der Waals surface area contributed by atoms with E-state index in [0.717, 1.165) is 16.9 Å². The summed E-state index contributed by atoms with van der Waals surface area (Å²) in [6.07, 6.45) is 1.40. The van der Waals surface area contributed by atoms with Crippen LogP contribution in [0.2, 0.25) is 0 Å². The van der Waals surface area contributed by atoms with Gasteiger partial charge in [-0.05, 0) is 18.1 Å². The third kappa shape index (κ3) is 3.92. The molecule has 0 saturated carbocycles. The van der Waals surface area contributed by atoms with Crippen molar-refractivity contribution in [2.75, 3.05) is 20.3 Å². The molecule has 0 N–H and O–H groups in total. The smallest absolute Gasteiger partial charge is 0.348 e. The van der Waals surface area contributed by atoms with Gasteiger partial charge < -0.3 is 9.47 Å². The number of rotatable bonds is 7. The van der Waals surface area contributed by atoms with E-state index in [2.05, 4.69) is 4.98 Å². The Morgan fingerprint density at radius 3 is 2.64 bits per heavy atom.